The Bertz CT molecular complexity index is 592. The number of H-pyrrole nitrogens is 1. The Hall–Kier alpha value is -2.37. The van der Waals surface area contributed by atoms with Crippen LogP contribution in [0.15, 0.2) is 24.3 Å². The minimum atomic E-state index is -0.293. The number of hydrogen-bond donors (Lipinski definition) is 2. The lowest BCUT2D eigenvalue weighted by Gasteiger charge is -2.09. The number of benzene rings is 1. The summed E-state index contributed by atoms with van der Waals surface area (Å²) in [6.07, 6.45) is 0. The van der Waals surface area contributed by atoms with Gasteiger partial charge in [0.2, 0.25) is 5.95 Å². The average molecular weight is 274 g/mol. The number of rotatable bonds is 5. The maximum absolute atomic E-state index is 11.7. The van der Waals surface area contributed by atoms with Crippen LogP contribution in [0.2, 0.25) is 0 Å². The van der Waals surface area contributed by atoms with Crippen molar-refractivity contribution in [2.24, 2.45) is 0 Å². The molecule has 0 radical (unpaired) electrons. The largest absolute Gasteiger partial charge is 0.484 e. The molecule has 1 heterocycles. The van der Waals surface area contributed by atoms with Crippen molar-refractivity contribution in [2.75, 3.05) is 11.9 Å². The third kappa shape index (κ3) is 3.81. The van der Waals surface area contributed by atoms with Crippen LogP contribution in [0.3, 0.4) is 0 Å². The van der Waals surface area contributed by atoms with Gasteiger partial charge < -0.3 is 4.74 Å². The van der Waals surface area contributed by atoms with Crippen molar-refractivity contribution in [1.29, 1.82) is 0 Å². The molecule has 0 unspecified atom stereocenters. The summed E-state index contributed by atoms with van der Waals surface area (Å²) in [6.45, 7) is 5.90. The first-order valence-corrected chi connectivity index (χ1v) is 6.46. The quantitative estimate of drug-likeness (QED) is 0.876. The first-order valence-electron chi connectivity index (χ1n) is 6.46. The molecule has 0 aliphatic rings. The molecular formula is C14H18N4O2. The van der Waals surface area contributed by atoms with Crippen molar-refractivity contribution in [3.05, 3.63) is 35.7 Å². The summed E-state index contributed by atoms with van der Waals surface area (Å²) in [5.74, 6) is 1.71. The van der Waals surface area contributed by atoms with E-state index >= 15 is 0 Å². The molecule has 20 heavy (non-hydrogen) atoms. The van der Waals surface area contributed by atoms with E-state index < -0.39 is 0 Å². The number of carbonyl (C=O) groups is 1. The standard InChI is InChI=1S/C14H18N4O2/c1-9(2)11-5-4-6-12(7-11)20-8-13(19)16-14-15-10(3)17-18-14/h4-7,9H,8H2,1-3H3,(H2,15,16,17,18,19). The average Bonchev–Trinajstić information content (AvgIpc) is 2.82. The highest BCUT2D eigenvalue weighted by Crippen LogP contribution is 2.19. The Morgan fingerprint density at radius 2 is 2.25 bits per heavy atom. The van der Waals surface area contributed by atoms with Gasteiger partial charge in [-0.15, -0.1) is 5.10 Å². The smallest absolute Gasteiger partial charge is 0.264 e. The predicted octanol–water partition coefficient (Wildman–Crippen LogP) is 2.25. The second-order valence-electron chi connectivity index (χ2n) is 4.81. The summed E-state index contributed by atoms with van der Waals surface area (Å²) < 4.78 is 5.46. The molecule has 2 aromatic rings. The Kier molecular flexibility index (Phi) is 4.34. The second-order valence-corrected chi connectivity index (χ2v) is 4.81. The van der Waals surface area contributed by atoms with Crippen molar-refractivity contribution < 1.29 is 9.53 Å². The summed E-state index contributed by atoms with van der Waals surface area (Å²) in [5, 5.41) is 9.03. The van der Waals surface area contributed by atoms with Crippen LogP contribution in [-0.2, 0) is 4.79 Å². The van der Waals surface area contributed by atoms with Crippen LogP contribution < -0.4 is 10.1 Å². The molecule has 1 amide bonds. The fraction of sp³-hybridized carbons (Fsp3) is 0.357. The van der Waals surface area contributed by atoms with Gasteiger partial charge in [0.15, 0.2) is 6.61 Å². The van der Waals surface area contributed by atoms with Crippen LogP contribution >= 0.6 is 0 Å². The number of aryl methyl sites for hydroxylation is 1. The molecule has 0 spiro atoms. The first-order chi connectivity index (χ1) is 9.54. The Morgan fingerprint density at radius 3 is 2.90 bits per heavy atom. The minimum Gasteiger partial charge on any atom is -0.484 e. The molecule has 1 aromatic carbocycles. The Balaban J connectivity index is 1.88. The van der Waals surface area contributed by atoms with E-state index in [4.69, 9.17) is 4.74 Å². The summed E-state index contributed by atoms with van der Waals surface area (Å²) in [7, 11) is 0. The highest BCUT2D eigenvalue weighted by molar-refractivity contribution is 5.90. The number of nitrogens with zero attached hydrogens (tertiary/aromatic N) is 2. The molecule has 0 aliphatic heterocycles. The third-order valence-corrected chi connectivity index (χ3v) is 2.74. The van der Waals surface area contributed by atoms with Gasteiger partial charge in [-0.3, -0.25) is 15.2 Å². The molecule has 6 heteroatoms. The lowest BCUT2D eigenvalue weighted by molar-refractivity contribution is -0.118. The number of aromatic amines is 1. The summed E-state index contributed by atoms with van der Waals surface area (Å²) in [5.41, 5.74) is 1.17. The molecule has 0 fully saturated rings. The van der Waals surface area contributed by atoms with E-state index in [1.54, 1.807) is 6.92 Å². The molecule has 6 nitrogen and oxygen atoms in total. The number of nitrogens with one attached hydrogen (secondary N) is 2. The van der Waals surface area contributed by atoms with E-state index in [1.807, 2.05) is 24.3 Å². The topological polar surface area (TPSA) is 79.9 Å². The number of hydrogen-bond acceptors (Lipinski definition) is 4. The number of carbonyl (C=O) groups excluding carboxylic acids is 1. The van der Waals surface area contributed by atoms with Crippen molar-refractivity contribution >= 4 is 11.9 Å². The van der Waals surface area contributed by atoms with Gasteiger partial charge in [-0.2, -0.15) is 4.98 Å². The van der Waals surface area contributed by atoms with Crippen molar-refractivity contribution in [2.45, 2.75) is 26.7 Å². The molecule has 0 atom stereocenters. The fourth-order valence-corrected chi connectivity index (χ4v) is 1.67. The van der Waals surface area contributed by atoms with Crippen molar-refractivity contribution in [1.82, 2.24) is 15.2 Å². The number of anilines is 1. The van der Waals surface area contributed by atoms with Gasteiger partial charge in [-0.25, -0.2) is 0 Å². The minimum absolute atomic E-state index is 0.0743. The third-order valence-electron chi connectivity index (χ3n) is 2.74. The summed E-state index contributed by atoms with van der Waals surface area (Å²) in [6, 6.07) is 7.72. The summed E-state index contributed by atoms with van der Waals surface area (Å²) in [4.78, 5) is 15.7. The van der Waals surface area contributed by atoms with E-state index in [0.29, 0.717) is 17.5 Å². The molecule has 2 rings (SSSR count). The van der Waals surface area contributed by atoms with Crippen LogP contribution in [0.25, 0.3) is 0 Å². The van der Waals surface area contributed by atoms with Crippen LogP contribution in [0.5, 0.6) is 5.75 Å². The van der Waals surface area contributed by atoms with Gasteiger partial charge in [-0.1, -0.05) is 26.0 Å². The van der Waals surface area contributed by atoms with E-state index in [2.05, 4.69) is 34.3 Å². The van der Waals surface area contributed by atoms with Gasteiger partial charge in [0.25, 0.3) is 5.91 Å². The van der Waals surface area contributed by atoms with Gasteiger partial charge in [0.1, 0.15) is 11.6 Å². The van der Waals surface area contributed by atoms with Gasteiger partial charge in [0.05, 0.1) is 0 Å². The van der Waals surface area contributed by atoms with Gasteiger partial charge in [0, 0.05) is 0 Å². The molecular weight excluding hydrogens is 256 g/mol. The lowest BCUT2D eigenvalue weighted by atomic mass is 10.0. The number of amides is 1. The molecule has 0 saturated carbocycles. The summed E-state index contributed by atoms with van der Waals surface area (Å²) >= 11 is 0. The first kappa shape index (κ1) is 14.0. The van der Waals surface area contributed by atoms with E-state index in [1.165, 1.54) is 5.56 Å². The number of ether oxygens (including phenoxy) is 1. The van der Waals surface area contributed by atoms with Gasteiger partial charge >= 0.3 is 0 Å². The van der Waals surface area contributed by atoms with Crippen LogP contribution in [0.1, 0.15) is 31.2 Å². The fourth-order valence-electron chi connectivity index (χ4n) is 1.67. The monoisotopic (exact) mass is 274 g/mol. The normalized spacial score (nSPS) is 10.6. The second kappa shape index (κ2) is 6.18. The lowest BCUT2D eigenvalue weighted by Crippen LogP contribution is -2.20. The van der Waals surface area contributed by atoms with Gasteiger partial charge in [-0.05, 0) is 30.5 Å². The van der Waals surface area contributed by atoms with Crippen LogP contribution in [-0.4, -0.2) is 27.7 Å². The highest BCUT2D eigenvalue weighted by atomic mass is 16.5. The zero-order valence-electron chi connectivity index (χ0n) is 11.8. The van der Waals surface area contributed by atoms with Crippen molar-refractivity contribution in [3.63, 3.8) is 0 Å². The zero-order chi connectivity index (χ0) is 14.5. The molecule has 0 bridgehead atoms. The Labute approximate surface area is 117 Å². The van der Waals surface area contributed by atoms with Crippen LogP contribution in [0.4, 0.5) is 5.95 Å². The van der Waals surface area contributed by atoms with E-state index in [0.717, 1.165) is 0 Å². The molecule has 0 saturated heterocycles. The van der Waals surface area contributed by atoms with Crippen molar-refractivity contribution in [3.8, 4) is 5.75 Å². The zero-order valence-corrected chi connectivity index (χ0v) is 11.8. The molecule has 106 valence electrons. The number of aromatic nitrogens is 3. The molecule has 2 N–H and O–H groups in total. The predicted molar refractivity (Wildman–Crippen MR) is 75.8 cm³/mol. The molecule has 0 aliphatic carbocycles. The maximum Gasteiger partial charge on any atom is 0.264 e. The maximum atomic E-state index is 11.7. The van der Waals surface area contributed by atoms with Crippen LogP contribution in [0, 0.1) is 6.92 Å². The Morgan fingerprint density at radius 1 is 1.45 bits per heavy atom. The van der Waals surface area contributed by atoms with E-state index in [9.17, 15) is 4.79 Å². The highest BCUT2D eigenvalue weighted by Gasteiger charge is 2.07. The van der Waals surface area contributed by atoms with E-state index in [-0.39, 0.29) is 18.5 Å². The SMILES string of the molecule is Cc1nc(NC(=O)COc2cccc(C(C)C)c2)n[nH]1. The molecule has 1 aromatic heterocycles.